The van der Waals surface area contributed by atoms with Crippen LogP contribution < -0.4 is 0 Å². The van der Waals surface area contributed by atoms with Gasteiger partial charge in [0.25, 0.3) is 0 Å². The fourth-order valence-electron chi connectivity index (χ4n) is 1.26. The predicted molar refractivity (Wildman–Crippen MR) is 57.0 cm³/mol. The van der Waals surface area contributed by atoms with E-state index in [0.29, 0.717) is 11.1 Å². The van der Waals surface area contributed by atoms with E-state index >= 15 is 0 Å². The minimum absolute atomic E-state index is 0.348. The van der Waals surface area contributed by atoms with Gasteiger partial charge < -0.3 is 4.74 Å². The minimum atomic E-state index is -0.561. The number of hydrogen-bond donors (Lipinski definition) is 0. The number of rotatable bonds is 2. The zero-order chi connectivity index (χ0) is 11.6. The molecule has 0 atom stereocenters. The van der Waals surface area contributed by atoms with Crippen molar-refractivity contribution in [3.63, 3.8) is 0 Å². The first-order chi connectivity index (χ1) is 6.91. The molecule has 1 rings (SSSR count). The van der Waals surface area contributed by atoms with Gasteiger partial charge in [-0.05, 0) is 39.8 Å². The highest BCUT2D eigenvalue weighted by Crippen LogP contribution is 2.22. The Hall–Kier alpha value is -1.64. The van der Waals surface area contributed by atoms with Crippen molar-refractivity contribution in [1.29, 1.82) is 0 Å². The average Bonchev–Trinajstić information content (AvgIpc) is 2.30. The van der Waals surface area contributed by atoms with Gasteiger partial charge in [-0.2, -0.15) is 0 Å². The Morgan fingerprint density at radius 1 is 0.867 bits per heavy atom. The molecular weight excluding hydrogens is 192 g/mol. The molecule has 0 saturated heterocycles. The Kier molecular flexibility index (Phi) is 3.24. The van der Waals surface area contributed by atoms with Gasteiger partial charge in [0.2, 0.25) is 0 Å². The van der Waals surface area contributed by atoms with Crippen LogP contribution in [0.15, 0.2) is 34.4 Å². The van der Waals surface area contributed by atoms with Crippen LogP contribution in [0.3, 0.4) is 0 Å². The highest BCUT2D eigenvalue weighted by Gasteiger charge is 2.29. The topological polar surface area (TPSA) is 43.4 Å². The predicted octanol–water partition coefficient (Wildman–Crippen LogP) is 2.30. The van der Waals surface area contributed by atoms with Crippen LogP contribution >= 0.6 is 0 Å². The van der Waals surface area contributed by atoms with Crippen molar-refractivity contribution in [2.24, 2.45) is 0 Å². The number of esters is 2. The number of hydrogen-bond acceptors (Lipinski definition) is 3. The molecule has 0 aromatic rings. The Labute approximate surface area is 89.1 Å². The Bertz CT molecular complexity index is 363. The standard InChI is InChI=1S/C12H14O3/c1-7(2)5-9-10(6-8(3)4)12(14)15-11(9)13/h5-6H,1-4H3. The monoisotopic (exact) mass is 206 g/mol. The van der Waals surface area contributed by atoms with E-state index in [9.17, 15) is 9.59 Å². The largest absolute Gasteiger partial charge is 0.386 e. The van der Waals surface area contributed by atoms with Crippen molar-refractivity contribution in [3.8, 4) is 0 Å². The lowest BCUT2D eigenvalue weighted by atomic mass is 10.1. The van der Waals surface area contributed by atoms with Crippen molar-refractivity contribution < 1.29 is 14.3 Å². The lowest BCUT2D eigenvalue weighted by molar-refractivity contribution is -0.150. The van der Waals surface area contributed by atoms with Crippen LogP contribution in [0.25, 0.3) is 0 Å². The van der Waals surface area contributed by atoms with Gasteiger partial charge in [0, 0.05) is 0 Å². The van der Waals surface area contributed by atoms with E-state index in [1.807, 2.05) is 27.7 Å². The molecule has 0 N–H and O–H groups in total. The summed E-state index contributed by atoms with van der Waals surface area (Å²) in [5.74, 6) is -1.12. The molecule has 1 heterocycles. The molecule has 0 saturated carbocycles. The molecule has 0 spiro atoms. The van der Waals surface area contributed by atoms with Gasteiger partial charge in [-0.1, -0.05) is 11.1 Å². The summed E-state index contributed by atoms with van der Waals surface area (Å²) in [5, 5.41) is 0. The third kappa shape index (κ3) is 2.65. The van der Waals surface area contributed by atoms with Crippen molar-refractivity contribution in [2.75, 3.05) is 0 Å². The molecule has 0 amide bonds. The summed E-state index contributed by atoms with van der Waals surface area (Å²) in [4.78, 5) is 22.7. The molecule has 0 aliphatic carbocycles. The molecule has 0 aromatic carbocycles. The summed E-state index contributed by atoms with van der Waals surface area (Å²) in [6.45, 7) is 7.46. The molecule has 15 heavy (non-hydrogen) atoms. The number of allylic oxidation sites excluding steroid dienone is 2. The van der Waals surface area contributed by atoms with Crippen LogP contribution in [0.2, 0.25) is 0 Å². The Balaban J connectivity index is 3.28. The molecular formula is C12H14O3. The van der Waals surface area contributed by atoms with Gasteiger partial charge in [0.05, 0.1) is 11.1 Å². The van der Waals surface area contributed by atoms with E-state index in [1.54, 1.807) is 12.2 Å². The van der Waals surface area contributed by atoms with E-state index in [1.165, 1.54) is 0 Å². The number of carbonyl (C=O) groups is 2. The maximum absolute atomic E-state index is 11.3. The Morgan fingerprint density at radius 3 is 1.47 bits per heavy atom. The summed E-state index contributed by atoms with van der Waals surface area (Å²) in [6.07, 6.45) is 3.34. The third-order valence-corrected chi connectivity index (χ3v) is 1.78. The smallest absolute Gasteiger partial charge is 0.346 e. The van der Waals surface area contributed by atoms with Crippen molar-refractivity contribution in [3.05, 3.63) is 34.4 Å². The minimum Gasteiger partial charge on any atom is -0.386 e. The summed E-state index contributed by atoms with van der Waals surface area (Å²) >= 11 is 0. The molecule has 1 aliphatic rings. The quantitative estimate of drug-likeness (QED) is 0.514. The van der Waals surface area contributed by atoms with Gasteiger partial charge in [0.1, 0.15) is 0 Å². The van der Waals surface area contributed by atoms with Gasteiger partial charge >= 0.3 is 11.9 Å². The molecule has 0 bridgehead atoms. The lowest BCUT2D eigenvalue weighted by Gasteiger charge is -1.93. The van der Waals surface area contributed by atoms with Crippen LogP contribution in [-0.4, -0.2) is 11.9 Å². The normalized spacial score (nSPS) is 15.2. The maximum atomic E-state index is 11.3. The SMILES string of the molecule is CC(C)=CC1=C(C=C(C)C)C(=O)OC1=O. The van der Waals surface area contributed by atoms with Crippen LogP contribution in [0.1, 0.15) is 27.7 Å². The van der Waals surface area contributed by atoms with Crippen LogP contribution in [-0.2, 0) is 14.3 Å². The molecule has 80 valence electrons. The molecule has 0 aromatic heterocycles. The number of cyclic esters (lactones) is 2. The second-order valence-corrected chi connectivity index (χ2v) is 3.95. The molecule has 3 nitrogen and oxygen atoms in total. The third-order valence-electron chi connectivity index (χ3n) is 1.78. The van der Waals surface area contributed by atoms with Crippen LogP contribution in [0.5, 0.6) is 0 Å². The van der Waals surface area contributed by atoms with Gasteiger partial charge in [0.15, 0.2) is 0 Å². The second-order valence-electron chi connectivity index (χ2n) is 3.95. The lowest BCUT2D eigenvalue weighted by Crippen LogP contribution is -2.01. The average molecular weight is 206 g/mol. The highest BCUT2D eigenvalue weighted by atomic mass is 16.6. The van der Waals surface area contributed by atoms with Crippen molar-refractivity contribution in [1.82, 2.24) is 0 Å². The van der Waals surface area contributed by atoms with Gasteiger partial charge in [-0.15, -0.1) is 0 Å². The molecule has 0 unspecified atom stereocenters. The number of carbonyl (C=O) groups excluding carboxylic acids is 2. The molecule has 0 fully saturated rings. The molecule has 1 aliphatic heterocycles. The fourth-order valence-corrected chi connectivity index (χ4v) is 1.26. The van der Waals surface area contributed by atoms with E-state index in [0.717, 1.165) is 11.1 Å². The van der Waals surface area contributed by atoms with Gasteiger partial charge in [-0.25, -0.2) is 9.59 Å². The van der Waals surface area contributed by atoms with E-state index in [4.69, 9.17) is 0 Å². The van der Waals surface area contributed by atoms with Crippen molar-refractivity contribution in [2.45, 2.75) is 27.7 Å². The first-order valence-electron chi connectivity index (χ1n) is 4.72. The first kappa shape index (κ1) is 11.4. The maximum Gasteiger partial charge on any atom is 0.346 e. The number of ether oxygens (including phenoxy) is 1. The van der Waals surface area contributed by atoms with E-state index in [2.05, 4.69) is 4.74 Å². The van der Waals surface area contributed by atoms with Crippen molar-refractivity contribution >= 4 is 11.9 Å². The summed E-state index contributed by atoms with van der Waals surface area (Å²) in [7, 11) is 0. The highest BCUT2D eigenvalue weighted by molar-refractivity contribution is 6.15. The zero-order valence-corrected chi connectivity index (χ0v) is 9.38. The summed E-state index contributed by atoms with van der Waals surface area (Å²) in [6, 6.07) is 0. The molecule has 3 heteroatoms. The second kappa shape index (κ2) is 4.26. The summed E-state index contributed by atoms with van der Waals surface area (Å²) in [5.41, 5.74) is 2.61. The van der Waals surface area contributed by atoms with Crippen LogP contribution in [0.4, 0.5) is 0 Å². The van der Waals surface area contributed by atoms with E-state index < -0.39 is 11.9 Å². The first-order valence-corrected chi connectivity index (χ1v) is 4.72. The van der Waals surface area contributed by atoms with Gasteiger partial charge in [-0.3, -0.25) is 0 Å². The zero-order valence-electron chi connectivity index (χ0n) is 9.38. The summed E-state index contributed by atoms with van der Waals surface area (Å²) < 4.78 is 4.55. The Morgan fingerprint density at radius 2 is 1.20 bits per heavy atom. The molecule has 0 radical (unpaired) electrons. The fraction of sp³-hybridized carbons (Fsp3) is 0.333. The van der Waals surface area contributed by atoms with Crippen LogP contribution in [0, 0.1) is 0 Å². The van der Waals surface area contributed by atoms with E-state index in [-0.39, 0.29) is 0 Å².